The summed E-state index contributed by atoms with van der Waals surface area (Å²) >= 11 is 0. The Kier molecular flexibility index (Phi) is 16.5. The predicted octanol–water partition coefficient (Wildman–Crippen LogP) is 8.87. The summed E-state index contributed by atoms with van der Waals surface area (Å²) in [6.45, 7) is 10.5. The zero-order valence-electron chi connectivity index (χ0n) is 20.6. The maximum Gasteiger partial charge on any atom is 0.101 e. The van der Waals surface area contributed by atoms with Crippen molar-refractivity contribution in [2.45, 2.75) is 155 Å². The monoisotopic (exact) mass is 406 g/mol. The van der Waals surface area contributed by atoms with Crippen LogP contribution in [0.4, 0.5) is 0 Å². The van der Waals surface area contributed by atoms with Crippen molar-refractivity contribution in [3.8, 4) is 0 Å². The molecule has 0 bridgehead atoms. The van der Waals surface area contributed by atoms with Crippen molar-refractivity contribution in [1.82, 2.24) is 9.80 Å². The molecule has 0 aromatic carbocycles. The van der Waals surface area contributed by atoms with Crippen LogP contribution < -0.4 is 0 Å². The van der Waals surface area contributed by atoms with Crippen molar-refractivity contribution in [1.29, 1.82) is 0 Å². The van der Waals surface area contributed by atoms with E-state index in [9.17, 15) is 0 Å². The third-order valence-corrected chi connectivity index (χ3v) is 6.57. The fourth-order valence-electron chi connectivity index (χ4n) is 4.69. The van der Waals surface area contributed by atoms with Crippen LogP contribution in [0.15, 0.2) is 12.4 Å². The maximum atomic E-state index is 2.59. The van der Waals surface area contributed by atoms with Crippen LogP contribution in [0, 0.1) is 0 Å². The first-order chi connectivity index (χ1) is 14.2. The van der Waals surface area contributed by atoms with Crippen LogP contribution in [0.3, 0.4) is 0 Å². The topological polar surface area (TPSA) is 6.48 Å². The summed E-state index contributed by atoms with van der Waals surface area (Å²) in [4.78, 5) is 5.13. The van der Waals surface area contributed by atoms with E-state index >= 15 is 0 Å². The molecule has 1 atom stereocenters. The molecule has 1 aliphatic heterocycles. The number of hydrogen-bond donors (Lipinski definition) is 0. The van der Waals surface area contributed by atoms with E-state index in [1.165, 1.54) is 122 Å². The number of unbranched alkanes of at least 4 members (excludes halogenated alkanes) is 15. The molecule has 0 saturated heterocycles. The summed E-state index contributed by atoms with van der Waals surface area (Å²) in [5.74, 6) is 0. The predicted molar refractivity (Wildman–Crippen MR) is 131 cm³/mol. The molecule has 0 N–H and O–H groups in total. The zero-order chi connectivity index (χ0) is 21.2. The van der Waals surface area contributed by atoms with Gasteiger partial charge < -0.3 is 9.80 Å². The molecule has 0 saturated carbocycles. The van der Waals surface area contributed by atoms with Gasteiger partial charge in [0.25, 0.3) is 0 Å². The molecule has 0 fully saturated rings. The summed E-state index contributed by atoms with van der Waals surface area (Å²) in [6.07, 6.45) is 31.0. The Hall–Kier alpha value is -0.660. The molecule has 2 nitrogen and oxygen atoms in total. The molecule has 0 aromatic rings. The lowest BCUT2D eigenvalue weighted by molar-refractivity contribution is 0.116. The lowest BCUT2D eigenvalue weighted by atomic mass is 10.0. The van der Waals surface area contributed by atoms with Crippen LogP contribution >= 0.6 is 0 Å². The Labute approximate surface area is 184 Å². The van der Waals surface area contributed by atoms with Crippen LogP contribution in [0.1, 0.15) is 143 Å². The highest BCUT2D eigenvalue weighted by atomic mass is 15.4. The first-order valence-electron chi connectivity index (χ1n) is 13.4. The van der Waals surface area contributed by atoms with Crippen molar-refractivity contribution >= 4 is 0 Å². The molecule has 1 rings (SSSR count). The summed E-state index contributed by atoms with van der Waals surface area (Å²) in [7, 11) is 0. The summed E-state index contributed by atoms with van der Waals surface area (Å²) in [5, 5.41) is 0. The molecular weight excluding hydrogens is 352 g/mol. The van der Waals surface area contributed by atoms with Gasteiger partial charge in [0.05, 0.1) is 0 Å². The van der Waals surface area contributed by atoms with E-state index < -0.39 is 0 Å². The molecule has 2 heteroatoms. The van der Waals surface area contributed by atoms with E-state index in [1.807, 2.05) is 0 Å². The van der Waals surface area contributed by atoms with Gasteiger partial charge in [-0.25, -0.2) is 0 Å². The minimum Gasteiger partial charge on any atom is -0.356 e. The van der Waals surface area contributed by atoms with Crippen LogP contribution in [-0.4, -0.2) is 28.6 Å². The molecule has 29 heavy (non-hydrogen) atoms. The lowest BCUT2D eigenvalue weighted by Gasteiger charge is -2.35. The first-order valence-corrected chi connectivity index (χ1v) is 13.4. The molecule has 1 unspecified atom stereocenters. The van der Waals surface area contributed by atoms with E-state index in [4.69, 9.17) is 0 Å². The third kappa shape index (κ3) is 12.6. The van der Waals surface area contributed by atoms with Crippen LogP contribution in [-0.2, 0) is 0 Å². The normalized spacial score (nSPS) is 16.5. The molecule has 0 aliphatic carbocycles. The van der Waals surface area contributed by atoms with Crippen LogP contribution in [0.2, 0.25) is 0 Å². The smallest absolute Gasteiger partial charge is 0.101 e. The number of rotatable bonds is 20. The highest BCUT2D eigenvalue weighted by Gasteiger charge is 2.26. The van der Waals surface area contributed by atoms with Gasteiger partial charge in [-0.2, -0.15) is 0 Å². The van der Waals surface area contributed by atoms with Gasteiger partial charge in [-0.3, -0.25) is 0 Å². The largest absolute Gasteiger partial charge is 0.356 e. The van der Waals surface area contributed by atoms with Gasteiger partial charge in [0.1, 0.15) is 6.17 Å². The van der Waals surface area contributed by atoms with E-state index in [0.29, 0.717) is 12.2 Å². The van der Waals surface area contributed by atoms with Crippen LogP contribution in [0.25, 0.3) is 0 Å². The Morgan fingerprint density at radius 2 is 1.03 bits per heavy atom. The fourth-order valence-corrected chi connectivity index (χ4v) is 4.69. The molecule has 172 valence electrons. The van der Waals surface area contributed by atoms with Crippen molar-refractivity contribution < 1.29 is 0 Å². The third-order valence-electron chi connectivity index (χ3n) is 6.57. The second kappa shape index (κ2) is 18.1. The molecule has 0 aromatic heterocycles. The second-order valence-electron chi connectivity index (χ2n) is 9.65. The van der Waals surface area contributed by atoms with Crippen molar-refractivity contribution in [3.05, 3.63) is 12.4 Å². The number of nitrogens with zero attached hydrogens (tertiary/aromatic N) is 2. The standard InChI is InChI=1S/C27H54N2/c1-5-7-8-9-10-11-12-13-14-15-16-17-18-19-20-21-23-28-24-25-29(26(3)4)27(28)22-6-2/h24-27H,5-23H2,1-4H3. The van der Waals surface area contributed by atoms with Crippen molar-refractivity contribution in [2.24, 2.45) is 0 Å². The molecule has 0 radical (unpaired) electrons. The van der Waals surface area contributed by atoms with E-state index in [0.717, 1.165) is 0 Å². The van der Waals surface area contributed by atoms with Gasteiger partial charge >= 0.3 is 0 Å². The quantitative estimate of drug-likeness (QED) is 0.186. The van der Waals surface area contributed by atoms with Gasteiger partial charge in [0, 0.05) is 25.0 Å². The van der Waals surface area contributed by atoms with E-state index in [1.54, 1.807) is 0 Å². The SMILES string of the molecule is CCCCCCCCCCCCCCCCCCN1C=CN(C(C)C)C1CCC. The molecule has 0 amide bonds. The van der Waals surface area contributed by atoms with Gasteiger partial charge in [0.15, 0.2) is 0 Å². The van der Waals surface area contributed by atoms with Gasteiger partial charge in [-0.05, 0) is 26.7 Å². The average molecular weight is 407 g/mol. The Morgan fingerprint density at radius 1 is 0.586 bits per heavy atom. The first kappa shape index (κ1) is 26.4. The number of hydrogen-bond acceptors (Lipinski definition) is 2. The fraction of sp³-hybridized carbons (Fsp3) is 0.926. The van der Waals surface area contributed by atoms with E-state index in [2.05, 4.69) is 49.9 Å². The Bertz CT molecular complexity index is 377. The summed E-state index contributed by atoms with van der Waals surface area (Å²) in [5.41, 5.74) is 0. The zero-order valence-corrected chi connectivity index (χ0v) is 20.6. The highest BCUT2D eigenvalue weighted by molar-refractivity contribution is 4.98. The van der Waals surface area contributed by atoms with Gasteiger partial charge in [0.2, 0.25) is 0 Å². The molecule has 1 heterocycles. The Morgan fingerprint density at radius 3 is 1.45 bits per heavy atom. The molecule has 0 spiro atoms. The molecular formula is C27H54N2. The minimum atomic E-state index is 0.608. The summed E-state index contributed by atoms with van der Waals surface area (Å²) in [6, 6.07) is 0.610. The molecule has 1 aliphatic rings. The van der Waals surface area contributed by atoms with E-state index in [-0.39, 0.29) is 0 Å². The maximum absolute atomic E-state index is 2.59. The Balaban J connectivity index is 1.87. The highest BCUT2D eigenvalue weighted by Crippen LogP contribution is 2.23. The lowest BCUT2D eigenvalue weighted by Crippen LogP contribution is -2.42. The van der Waals surface area contributed by atoms with Gasteiger partial charge in [-0.15, -0.1) is 0 Å². The minimum absolute atomic E-state index is 0.608. The van der Waals surface area contributed by atoms with Crippen LogP contribution in [0.5, 0.6) is 0 Å². The van der Waals surface area contributed by atoms with Crippen molar-refractivity contribution in [2.75, 3.05) is 6.54 Å². The second-order valence-corrected chi connectivity index (χ2v) is 9.65. The van der Waals surface area contributed by atoms with Gasteiger partial charge in [-0.1, -0.05) is 117 Å². The average Bonchev–Trinajstić information content (AvgIpc) is 3.11. The van der Waals surface area contributed by atoms with Crippen molar-refractivity contribution in [3.63, 3.8) is 0 Å². The summed E-state index contributed by atoms with van der Waals surface area (Å²) < 4.78 is 0.